The normalized spacial score (nSPS) is 11.0. The number of carbonyl (C=O) groups excluding carboxylic acids is 1. The first kappa shape index (κ1) is 17.4. The second kappa shape index (κ2) is 7.63. The molecule has 25 heavy (non-hydrogen) atoms. The van der Waals surface area contributed by atoms with Gasteiger partial charge in [0.05, 0.1) is 18.8 Å². The number of benzene rings is 1. The van der Waals surface area contributed by atoms with Crippen LogP contribution in [0.25, 0.3) is 16.8 Å². The zero-order valence-corrected chi connectivity index (χ0v) is 14.8. The highest BCUT2D eigenvalue weighted by atomic mass is 35.5. The molecule has 0 aliphatic rings. The maximum atomic E-state index is 12.4. The number of halogens is 1. The Hall–Kier alpha value is -2.44. The predicted molar refractivity (Wildman–Crippen MR) is 95.0 cm³/mol. The van der Waals surface area contributed by atoms with Gasteiger partial charge in [-0.3, -0.25) is 0 Å². The first-order valence-electron chi connectivity index (χ1n) is 7.94. The lowest BCUT2D eigenvalue weighted by molar-refractivity contribution is 0.0520. The number of rotatable bonds is 6. The van der Waals surface area contributed by atoms with E-state index in [9.17, 15) is 4.79 Å². The lowest BCUT2D eigenvalue weighted by Gasteiger charge is -2.04. The first-order valence-corrected chi connectivity index (χ1v) is 8.32. The summed E-state index contributed by atoms with van der Waals surface area (Å²) >= 11 is 5.98. The third-order valence-corrected chi connectivity index (χ3v) is 3.96. The van der Waals surface area contributed by atoms with E-state index in [2.05, 4.69) is 10.1 Å². The lowest BCUT2D eigenvalue weighted by Crippen LogP contribution is -2.07. The second-order valence-electron chi connectivity index (χ2n) is 5.38. The molecule has 0 amide bonds. The van der Waals surface area contributed by atoms with E-state index in [1.165, 1.54) is 0 Å². The van der Waals surface area contributed by atoms with Crippen molar-refractivity contribution in [3.8, 4) is 11.1 Å². The quantitative estimate of drug-likeness (QED) is 0.631. The Kier molecular flexibility index (Phi) is 5.31. The number of ether oxygens (including phenoxy) is 2. The van der Waals surface area contributed by atoms with Gasteiger partial charge in [0.2, 0.25) is 0 Å². The molecule has 1 aromatic carbocycles. The summed E-state index contributed by atoms with van der Waals surface area (Å²) in [6, 6.07) is 9.07. The third-order valence-electron chi connectivity index (χ3n) is 3.71. The zero-order valence-electron chi connectivity index (χ0n) is 14.0. The highest BCUT2D eigenvalue weighted by Crippen LogP contribution is 2.29. The molecule has 6 nitrogen and oxygen atoms in total. The molecule has 0 radical (unpaired) electrons. The fourth-order valence-corrected chi connectivity index (χ4v) is 2.66. The van der Waals surface area contributed by atoms with E-state index >= 15 is 0 Å². The molecule has 2 aromatic heterocycles. The Bertz CT molecular complexity index is 890. The average molecular weight is 360 g/mol. The van der Waals surface area contributed by atoms with Crippen molar-refractivity contribution in [1.82, 2.24) is 14.6 Å². The van der Waals surface area contributed by atoms with Gasteiger partial charge in [-0.2, -0.15) is 5.10 Å². The molecule has 0 saturated heterocycles. The summed E-state index contributed by atoms with van der Waals surface area (Å²) in [6.45, 7) is 2.61. The topological polar surface area (TPSA) is 65.7 Å². The summed E-state index contributed by atoms with van der Waals surface area (Å²) in [5, 5.41) is 4.98. The van der Waals surface area contributed by atoms with Crippen LogP contribution in [0.2, 0.25) is 5.02 Å². The van der Waals surface area contributed by atoms with Crippen LogP contribution < -0.4 is 0 Å². The molecule has 0 unspecified atom stereocenters. The number of aromatic nitrogens is 3. The van der Waals surface area contributed by atoms with Gasteiger partial charge < -0.3 is 9.47 Å². The first-order chi connectivity index (χ1) is 12.1. The van der Waals surface area contributed by atoms with Crippen LogP contribution in [0.15, 0.2) is 36.5 Å². The predicted octanol–water partition coefficient (Wildman–Crippen LogP) is 3.42. The van der Waals surface area contributed by atoms with E-state index in [1.54, 1.807) is 36.9 Å². The minimum absolute atomic E-state index is 0.237. The number of nitrogens with zero attached hydrogens (tertiary/aromatic N) is 3. The molecule has 7 heteroatoms. The minimum Gasteiger partial charge on any atom is -0.461 e. The second-order valence-corrected chi connectivity index (χ2v) is 5.82. The number of hydrogen-bond donors (Lipinski definition) is 0. The number of hydrogen-bond acceptors (Lipinski definition) is 5. The third kappa shape index (κ3) is 3.65. The summed E-state index contributed by atoms with van der Waals surface area (Å²) in [4.78, 5) is 17.0. The number of carbonyl (C=O) groups is 1. The molecule has 130 valence electrons. The van der Waals surface area contributed by atoms with Crippen molar-refractivity contribution in [2.45, 2.75) is 13.3 Å². The molecule has 3 aromatic rings. The smallest absolute Gasteiger partial charge is 0.359 e. The lowest BCUT2D eigenvalue weighted by atomic mass is 10.1. The van der Waals surface area contributed by atoms with Crippen LogP contribution in [0.4, 0.5) is 0 Å². The minimum atomic E-state index is -0.476. The van der Waals surface area contributed by atoms with E-state index in [0.29, 0.717) is 29.3 Å². The molecular weight excluding hydrogens is 342 g/mol. The van der Waals surface area contributed by atoms with Crippen LogP contribution in [0.1, 0.15) is 23.1 Å². The molecule has 0 fully saturated rings. The fraction of sp³-hybridized carbons (Fsp3) is 0.278. The van der Waals surface area contributed by atoms with Crippen molar-refractivity contribution in [3.63, 3.8) is 0 Å². The van der Waals surface area contributed by atoms with Gasteiger partial charge in [-0.15, -0.1) is 0 Å². The van der Waals surface area contributed by atoms with E-state index < -0.39 is 5.97 Å². The van der Waals surface area contributed by atoms with E-state index in [-0.39, 0.29) is 12.3 Å². The summed E-state index contributed by atoms with van der Waals surface area (Å²) in [5.74, 6) is -0.476. The zero-order chi connectivity index (χ0) is 17.8. The molecule has 2 heterocycles. The number of methoxy groups -OCH3 is 1. The van der Waals surface area contributed by atoms with Gasteiger partial charge in [-0.1, -0.05) is 23.7 Å². The fourth-order valence-electron chi connectivity index (χ4n) is 2.54. The van der Waals surface area contributed by atoms with Crippen LogP contribution in [-0.2, 0) is 15.9 Å². The van der Waals surface area contributed by atoms with Crippen LogP contribution in [0.3, 0.4) is 0 Å². The van der Waals surface area contributed by atoms with E-state index in [4.69, 9.17) is 21.1 Å². The Labute approximate surface area is 150 Å². The van der Waals surface area contributed by atoms with Crippen molar-refractivity contribution in [2.24, 2.45) is 0 Å². The van der Waals surface area contributed by atoms with Gasteiger partial charge >= 0.3 is 5.97 Å². The van der Waals surface area contributed by atoms with Crippen LogP contribution in [0, 0.1) is 0 Å². The Morgan fingerprint density at radius 2 is 2.00 bits per heavy atom. The molecule has 0 atom stereocenters. The van der Waals surface area contributed by atoms with Gasteiger partial charge in [0.1, 0.15) is 0 Å². The molecule has 0 N–H and O–H groups in total. The summed E-state index contributed by atoms with van der Waals surface area (Å²) in [7, 11) is 1.65. The van der Waals surface area contributed by atoms with Crippen molar-refractivity contribution in [1.29, 1.82) is 0 Å². The molecule has 0 bridgehead atoms. The van der Waals surface area contributed by atoms with E-state index in [0.717, 1.165) is 11.3 Å². The molecule has 0 aliphatic carbocycles. The van der Waals surface area contributed by atoms with Crippen molar-refractivity contribution >= 4 is 23.2 Å². The SMILES string of the molecule is CCOC(=O)c1nn2ccc(CCOC)nc2c1-c1ccc(Cl)cc1. The van der Waals surface area contributed by atoms with Gasteiger partial charge in [0.25, 0.3) is 0 Å². The summed E-state index contributed by atoms with van der Waals surface area (Å²) in [5.41, 5.74) is 3.13. The largest absolute Gasteiger partial charge is 0.461 e. The van der Waals surface area contributed by atoms with Crippen LogP contribution >= 0.6 is 11.6 Å². The van der Waals surface area contributed by atoms with Gasteiger partial charge in [-0.05, 0) is 30.7 Å². The van der Waals surface area contributed by atoms with Gasteiger partial charge in [0, 0.05) is 30.4 Å². The van der Waals surface area contributed by atoms with Crippen LogP contribution in [0.5, 0.6) is 0 Å². The van der Waals surface area contributed by atoms with Crippen molar-refractivity contribution in [2.75, 3.05) is 20.3 Å². The molecule has 3 rings (SSSR count). The highest BCUT2D eigenvalue weighted by molar-refractivity contribution is 6.30. The standard InChI is InChI=1S/C18H18ClN3O3/c1-3-25-18(23)16-15(12-4-6-13(19)7-5-12)17-20-14(9-11-24-2)8-10-22(17)21-16/h4-8,10H,3,9,11H2,1-2H3. The number of fused-ring (bicyclic) bond motifs is 1. The van der Waals surface area contributed by atoms with Crippen molar-refractivity contribution < 1.29 is 14.3 Å². The molecular formula is C18H18ClN3O3. The van der Waals surface area contributed by atoms with Crippen LogP contribution in [-0.4, -0.2) is 40.9 Å². The summed E-state index contributed by atoms with van der Waals surface area (Å²) in [6.07, 6.45) is 2.46. The average Bonchev–Trinajstić information content (AvgIpc) is 2.99. The Morgan fingerprint density at radius 3 is 2.68 bits per heavy atom. The van der Waals surface area contributed by atoms with Gasteiger partial charge in [0.15, 0.2) is 11.3 Å². The Morgan fingerprint density at radius 1 is 1.24 bits per heavy atom. The monoisotopic (exact) mass is 359 g/mol. The Balaban J connectivity index is 2.18. The maximum Gasteiger partial charge on any atom is 0.359 e. The molecule has 0 saturated carbocycles. The maximum absolute atomic E-state index is 12.4. The van der Waals surface area contributed by atoms with E-state index in [1.807, 2.05) is 18.2 Å². The molecule has 0 aliphatic heterocycles. The molecule has 0 spiro atoms. The van der Waals surface area contributed by atoms with Gasteiger partial charge in [-0.25, -0.2) is 14.3 Å². The highest BCUT2D eigenvalue weighted by Gasteiger charge is 2.23. The van der Waals surface area contributed by atoms with Crippen molar-refractivity contribution in [3.05, 3.63) is 52.9 Å². The number of esters is 1. The summed E-state index contributed by atoms with van der Waals surface area (Å²) < 4.78 is 11.8.